The lowest BCUT2D eigenvalue weighted by atomic mass is 10.1. The van der Waals surface area contributed by atoms with E-state index in [0.29, 0.717) is 23.0 Å². The molecular weight excluding hydrogens is 322 g/mol. The molecule has 0 aromatic carbocycles. The van der Waals surface area contributed by atoms with Gasteiger partial charge in [0.25, 0.3) is 5.91 Å². The number of nitrogens with zero attached hydrogens (tertiary/aromatic N) is 2. The molecule has 0 bridgehead atoms. The van der Waals surface area contributed by atoms with Crippen LogP contribution in [0.3, 0.4) is 0 Å². The maximum absolute atomic E-state index is 12.8. The van der Waals surface area contributed by atoms with Crippen LogP contribution in [-0.2, 0) is 4.79 Å². The molecule has 5 nitrogen and oxygen atoms in total. The number of thiazole rings is 1. The minimum atomic E-state index is -0.0130. The molecule has 1 aromatic rings. The van der Waals surface area contributed by atoms with Crippen molar-refractivity contribution >= 4 is 28.3 Å². The third-order valence-corrected chi connectivity index (χ3v) is 5.98. The van der Waals surface area contributed by atoms with Gasteiger partial charge in [0.05, 0.1) is 5.69 Å². The van der Waals surface area contributed by atoms with E-state index in [1.807, 2.05) is 13.8 Å². The molecule has 3 rings (SSSR count). The van der Waals surface area contributed by atoms with Crippen LogP contribution in [0.15, 0.2) is 0 Å². The predicted molar refractivity (Wildman–Crippen MR) is 96.7 cm³/mol. The van der Waals surface area contributed by atoms with Crippen molar-refractivity contribution in [3.8, 4) is 0 Å². The van der Waals surface area contributed by atoms with Crippen molar-refractivity contribution < 1.29 is 9.59 Å². The smallest absolute Gasteiger partial charge is 0.263 e. The lowest BCUT2D eigenvalue weighted by Crippen LogP contribution is -2.34. The van der Waals surface area contributed by atoms with E-state index in [4.69, 9.17) is 0 Å². The minimum Gasteiger partial charge on any atom is -0.349 e. The Kier molecular flexibility index (Phi) is 5.54. The highest BCUT2D eigenvalue weighted by Crippen LogP contribution is 2.33. The number of nitrogens with one attached hydrogen (secondary N) is 1. The molecule has 2 fully saturated rings. The molecule has 0 atom stereocenters. The van der Waals surface area contributed by atoms with Crippen LogP contribution in [0.25, 0.3) is 0 Å². The van der Waals surface area contributed by atoms with Gasteiger partial charge in [0.1, 0.15) is 4.88 Å². The third kappa shape index (κ3) is 3.79. The molecule has 132 valence electrons. The van der Waals surface area contributed by atoms with Crippen molar-refractivity contribution in [1.82, 2.24) is 10.3 Å². The number of rotatable bonds is 4. The van der Waals surface area contributed by atoms with E-state index in [2.05, 4.69) is 10.3 Å². The van der Waals surface area contributed by atoms with Crippen LogP contribution in [-0.4, -0.2) is 29.4 Å². The van der Waals surface area contributed by atoms with Crippen molar-refractivity contribution in [3.05, 3.63) is 10.6 Å². The van der Waals surface area contributed by atoms with Crippen molar-refractivity contribution in [2.75, 3.05) is 11.4 Å². The zero-order valence-corrected chi connectivity index (χ0v) is 15.5. The summed E-state index contributed by atoms with van der Waals surface area (Å²) in [7, 11) is 0. The van der Waals surface area contributed by atoms with E-state index in [0.717, 1.165) is 25.0 Å². The highest BCUT2D eigenvalue weighted by molar-refractivity contribution is 7.17. The maximum atomic E-state index is 12.8. The first-order valence-electron chi connectivity index (χ1n) is 9.18. The second-order valence-electron chi connectivity index (χ2n) is 7.18. The summed E-state index contributed by atoms with van der Waals surface area (Å²) in [5.74, 6) is 0.276. The Balaban J connectivity index is 1.78. The number of aromatic nitrogens is 1. The Morgan fingerprint density at radius 3 is 2.50 bits per heavy atom. The van der Waals surface area contributed by atoms with E-state index >= 15 is 0 Å². The molecule has 2 heterocycles. The van der Waals surface area contributed by atoms with Gasteiger partial charge in [-0.05, 0) is 25.2 Å². The van der Waals surface area contributed by atoms with Crippen LogP contribution in [0.5, 0.6) is 0 Å². The van der Waals surface area contributed by atoms with Gasteiger partial charge in [0.2, 0.25) is 5.91 Å². The van der Waals surface area contributed by atoms with Crippen molar-refractivity contribution in [2.24, 2.45) is 0 Å². The van der Waals surface area contributed by atoms with Gasteiger partial charge >= 0.3 is 0 Å². The fourth-order valence-corrected chi connectivity index (χ4v) is 4.68. The average molecular weight is 350 g/mol. The van der Waals surface area contributed by atoms with Crippen molar-refractivity contribution in [1.29, 1.82) is 0 Å². The molecule has 2 amide bonds. The number of amides is 2. The zero-order valence-electron chi connectivity index (χ0n) is 14.6. The zero-order chi connectivity index (χ0) is 17.1. The standard InChI is InChI=1S/C18H27N3O2S/c1-12(2)15-16(17(23)19-13-8-5-3-4-6-9-13)24-18(20-15)21-11-7-10-14(21)22/h12-13H,3-11H2,1-2H3,(H,19,23). The summed E-state index contributed by atoms with van der Waals surface area (Å²) in [5.41, 5.74) is 0.820. The van der Waals surface area contributed by atoms with Crippen LogP contribution in [0, 0.1) is 0 Å². The number of hydrogen-bond acceptors (Lipinski definition) is 4. The fourth-order valence-electron chi connectivity index (χ4n) is 3.51. The van der Waals surface area contributed by atoms with Crippen LogP contribution in [0.1, 0.15) is 86.5 Å². The molecule has 2 aliphatic rings. The fraction of sp³-hybridized carbons (Fsp3) is 0.722. The number of carbonyl (C=O) groups excluding carboxylic acids is 2. The van der Waals surface area contributed by atoms with Crippen LogP contribution < -0.4 is 10.2 Å². The molecule has 1 aromatic heterocycles. The molecular formula is C18H27N3O2S. The monoisotopic (exact) mass is 349 g/mol. The summed E-state index contributed by atoms with van der Waals surface area (Å²) in [4.78, 5) is 31.9. The van der Waals surface area contributed by atoms with Gasteiger partial charge in [0.15, 0.2) is 5.13 Å². The molecule has 1 aliphatic carbocycles. The molecule has 0 radical (unpaired) electrons. The predicted octanol–water partition coefficient (Wildman–Crippen LogP) is 3.85. The highest BCUT2D eigenvalue weighted by atomic mass is 32.1. The van der Waals surface area contributed by atoms with Gasteiger partial charge in [-0.25, -0.2) is 4.98 Å². The number of hydrogen-bond donors (Lipinski definition) is 1. The molecule has 1 saturated heterocycles. The third-order valence-electron chi connectivity index (χ3n) is 4.89. The Hall–Kier alpha value is -1.43. The Morgan fingerprint density at radius 2 is 1.92 bits per heavy atom. The summed E-state index contributed by atoms with van der Waals surface area (Å²) in [6, 6.07) is 0.277. The van der Waals surface area contributed by atoms with E-state index < -0.39 is 0 Å². The van der Waals surface area contributed by atoms with Crippen molar-refractivity contribution in [3.63, 3.8) is 0 Å². The Labute approximate surface area is 147 Å². The van der Waals surface area contributed by atoms with E-state index in [-0.39, 0.29) is 23.8 Å². The first-order chi connectivity index (χ1) is 11.6. The quantitative estimate of drug-likeness (QED) is 0.840. The number of anilines is 1. The minimum absolute atomic E-state index is 0.0130. The summed E-state index contributed by atoms with van der Waals surface area (Å²) < 4.78 is 0. The lowest BCUT2D eigenvalue weighted by molar-refractivity contribution is -0.117. The van der Waals surface area contributed by atoms with Gasteiger partial charge in [-0.15, -0.1) is 0 Å². The lowest BCUT2D eigenvalue weighted by Gasteiger charge is -2.16. The van der Waals surface area contributed by atoms with Gasteiger partial charge < -0.3 is 5.32 Å². The second-order valence-corrected chi connectivity index (χ2v) is 8.15. The topological polar surface area (TPSA) is 62.3 Å². The first kappa shape index (κ1) is 17.4. The van der Waals surface area contributed by atoms with Gasteiger partial charge in [-0.1, -0.05) is 50.9 Å². The first-order valence-corrected chi connectivity index (χ1v) is 10.00. The Bertz CT molecular complexity index is 603. The molecule has 0 unspecified atom stereocenters. The molecule has 0 spiro atoms. The number of carbonyl (C=O) groups is 2. The summed E-state index contributed by atoms with van der Waals surface area (Å²) in [6.45, 7) is 4.81. The van der Waals surface area contributed by atoms with Crippen LogP contribution in [0.4, 0.5) is 5.13 Å². The van der Waals surface area contributed by atoms with Crippen molar-refractivity contribution in [2.45, 2.75) is 77.2 Å². The molecule has 6 heteroatoms. The normalized spacial score (nSPS) is 19.8. The van der Waals surface area contributed by atoms with E-state index in [1.54, 1.807) is 4.90 Å². The maximum Gasteiger partial charge on any atom is 0.263 e. The van der Waals surface area contributed by atoms with Crippen LogP contribution >= 0.6 is 11.3 Å². The molecule has 24 heavy (non-hydrogen) atoms. The molecule has 1 aliphatic heterocycles. The Morgan fingerprint density at radius 1 is 1.21 bits per heavy atom. The molecule has 1 N–H and O–H groups in total. The van der Waals surface area contributed by atoms with Crippen LogP contribution in [0.2, 0.25) is 0 Å². The van der Waals surface area contributed by atoms with Gasteiger partial charge in [-0.3, -0.25) is 14.5 Å². The second kappa shape index (κ2) is 7.64. The highest BCUT2D eigenvalue weighted by Gasteiger charge is 2.29. The van der Waals surface area contributed by atoms with E-state index in [1.165, 1.54) is 37.0 Å². The van der Waals surface area contributed by atoms with Gasteiger partial charge in [-0.2, -0.15) is 0 Å². The summed E-state index contributed by atoms with van der Waals surface area (Å²) in [6.07, 6.45) is 8.52. The average Bonchev–Trinajstić information content (AvgIpc) is 3.08. The summed E-state index contributed by atoms with van der Waals surface area (Å²) >= 11 is 1.37. The largest absolute Gasteiger partial charge is 0.349 e. The van der Waals surface area contributed by atoms with Gasteiger partial charge in [0, 0.05) is 19.0 Å². The molecule has 1 saturated carbocycles. The summed E-state index contributed by atoms with van der Waals surface area (Å²) in [5, 5.41) is 3.90. The van der Waals surface area contributed by atoms with E-state index in [9.17, 15) is 9.59 Å². The SMILES string of the molecule is CC(C)c1nc(N2CCCC2=O)sc1C(=O)NC1CCCCCC1.